The Morgan fingerprint density at radius 2 is 1.68 bits per heavy atom. The van der Waals surface area contributed by atoms with E-state index in [1.54, 1.807) is 24.3 Å². The molecular weight excluding hydrogens is 536 g/mol. The van der Waals surface area contributed by atoms with Gasteiger partial charge < -0.3 is 14.9 Å². The molecule has 1 aromatic carbocycles. The van der Waals surface area contributed by atoms with Gasteiger partial charge >= 0.3 is 5.97 Å². The van der Waals surface area contributed by atoms with E-state index in [1.807, 2.05) is 6.07 Å². The van der Waals surface area contributed by atoms with E-state index in [9.17, 15) is 23.4 Å². The first-order valence-electron chi connectivity index (χ1n) is 16.2. The zero-order valence-electron chi connectivity index (χ0n) is 25.5. The van der Waals surface area contributed by atoms with Crippen LogP contribution in [0.25, 0.3) is 0 Å². The van der Waals surface area contributed by atoms with Crippen molar-refractivity contribution in [2.24, 2.45) is 52.3 Å². The van der Waals surface area contributed by atoms with E-state index in [0.29, 0.717) is 41.1 Å². The second-order valence-corrected chi connectivity index (χ2v) is 16.7. The average Bonchev–Trinajstić information content (AvgIpc) is 3.27. The number of carbonyl (C=O) groups is 1. The molecule has 0 aromatic heterocycles. The Morgan fingerprint density at radius 3 is 2.39 bits per heavy atom. The smallest absolute Gasteiger partial charge is 0.321 e. The predicted octanol–water partition coefficient (Wildman–Crippen LogP) is 5.80. The highest BCUT2D eigenvalue weighted by molar-refractivity contribution is 7.91. The summed E-state index contributed by atoms with van der Waals surface area (Å²) >= 11 is 0. The molecule has 0 amide bonds. The zero-order valence-corrected chi connectivity index (χ0v) is 26.3. The number of fused-ring (bicyclic) bond motifs is 5. The van der Waals surface area contributed by atoms with E-state index in [4.69, 9.17) is 4.74 Å². The van der Waals surface area contributed by atoms with Crippen molar-refractivity contribution in [3.63, 3.8) is 0 Å². The Kier molecular flexibility index (Phi) is 9.01. The molecule has 0 saturated heterocycles. The third kappa shape index (κ3) is 5.89. The summed E-state index contributed by atoms with van der Waals surface area (Å²) in [5.41, 5.74) is 1.02. The van der Waals surface area contributed by atoms with Gasteiger partial charge in [-0.3, -0.25) is 4.79 Å². The summed E-state index contributed by atoms with van der Waals surface area (Å²) < 4.78 is 30.4. The SMILES string of the molecule is CC[C@H]1[C@@H](O)[C@@H]2[C@H](CC[C@]3(C)[C@@H]([C@H](C)CCOC(=O)CS(=O)(=O)Cc4ccccc4)CC[C@@H]23)[C@@]2(C)CC[C@@H](O)C[C@@H]12. The maximum Gasteiger partial charge on any atom is 0.321 e. The molecule has 0 aliphatic heterocycles. The summed E-state index contributed by atoms with van der Waals surface area (Å²) in [6.07, 6.45) is 8.54. The van der Waals surface area contributed by atoms with E-state index in [0.717, 1.165) is 51.4 Å². The number of aliphatic hydroxyl groups excluding tert-OH is 2. The van der Waals surface area contributed by atoms with Gasteiger partial charge in [-0.1, -0.05) is 64.4 Å². The first kappa shape index (κ1) is 31.0. The lowest BCUT2D eigenvalue weighted by atomic mass is 9.41. The van der Waals surface area contributed by atoms with Crippen molar-refractivity contribution in [1.82, 2.24) is 0 Å². The van der Waals surface area contributed by atoms with Crippen molar-refractivity contribution >= 4 is 15.8 Å². The highest BCUT2D eigenvalue weighted by atomic mass is 32.2. The molecule has 4 aliphatic carbocycles. The molecule has 7 heteroatoms. The van der Waals surface area contributed by atoms with Crippen LogP contribution in [0.4, 0.5) is 0 Å². The van der Waals surface area contributed by atoms with E-state index >= 15 is 0 Å². The van der Waals surface area contributed by atoms with Crippen molar-refractivity contribution in [2.45, 2.75) is 103 Å². The first-order chi connectivity index (χ1) is 19.4. The topological polar surface area (TPSA) is 101 Å². The van der Waals surface area contributed by atoms with Crippen molar-refractivity contribution in [2.75, 3.05) is 12.4 Å². The number of benzene rings is 1. The van der Waals surface area contributed by atoms with Crippen LogP contribution in [-0.4, -0.2) is 49.2 Å². The van der Waals surface area contributed by atoms with Gasteiger partial charge in [0.05, 0.1) is 24.6 Å². The molecule has 4 saturated carbocycles. The molecule has 11 atom stereocenters. The number of esters is 1. The number of aliphatic hydroxyl groups is 2. The summed E-state index contributed by atoms with van der Waals surface area (Å²) in [6.45, 7) is 9.65. The van der Waals surface area contributed by atoms with E-state index in [1.165, 1.54) is 6.42 Å². The van der Waals surface area contributed by atoms with Crippen LogP contribution in [0.15, 0.2) is 30.3 Å². The standard InChI is InChI=1S/C34H52O6S/c1-5-25-29-19-24(35)13-16-34(29,4)28-14-17-33(3)26(11-12-27(33)31(28)32(25)37)22(2)15-18-40-30(36)21-41(38,39)20-23-9-7-6-8-10-23/h6-10,22,24-29,31-32,35,37H,5,11-21H2,1-4H3/t22-,24-,25-,26-,27+,28+,29+,31+,32-,33-,34-/m1/s1. The lowest BCUT2D eigenvalue weighted by Gasteiger charge is -2.64. The Morgan fingerprint density at radius 1 is 1.00 bits per heavy atom. The zero-order chi connectivity index (χ0) is 29.6. The molecule has 0 unspecified atom stereocenters. The molecule has 4 aliphatic rings. The van der Waals surface area contributed by atoms with Gasteiger partial charge in [0, 0.05) is 0 Å². The monoisotopic (exact) mass is 588 g/mol. The summed E-state index contributed by atoms with van der Waals surface area (Å²) in [5, 5.41) is 22.4. The number of sulfone groups is 1. The molecule has 6 nitrogen and oxygen atoms in total. The molecule has 0 spiro atoms. The predicted molar refractivity (Wildman–Crippen MR) is 160 cm³/mol. The number of rotatable bonds is 9. The van der Waals surface area contributed by atoms with Crippen LogP contribution < -0.4 is 0 Å². The molecule has 1 aromatic rings. The van der Waals surface area contributed by atoms with Crippen LogP contribution in [0.3, 0.4) is 0 Å². The van der Waals surface area contributed by atoms with Crippen LogP contribution in [-0.2, 0) is 25.1 Å². The lowest BCUT2D eigenvalue weighted by molar-refractivity contribution is -0.203. The van der Waals surface area contributed by atoms with Gasteiger partial charge in [0.15, 0.2) is 9.84 Å². The number of ether oxygens (including phenoxy) is 1. The van der Waals surface area contributed by atoms with Gasteiger partial charge in [-0.05, 0) is 109 Å². The van der Waals surface area contributed by atoms with Crippen LogP contribution in [0.5, 0.6) is 0 Å². The van der Waals surface area contributed by atoms with E-state index in [2.05, 4.69) is 27.7 Å². The van der Waals surface area contributed by atoms with Crippen molar-refractivity contribution in [3.05, 3.63) is 35.9 Å². The van der Waals surface area contributed by atoms with E-state index < -0.39 is 21.6 Å². The average molecular weight is 589 g/mol. The normalized spacial score (nSPS) is 41.1. The molecule has 41 heavy (non-hydrogen) atoms. The summed E-state index contributed by atoms with van der Waals surface area (Å²) in [4.78, 5) is 12.4. The Labute approximate surface area is 247 Å². The van der Waals surface area contributed by atoms with Gasteiger partial charge in [0.25, 0.3) is 0 Å². The lowest BCUT2D eigenvalue weighted by Crippen LogP contribution is -2.62. The van der Waals surface area contributed by atoms with Crippen molar-refractivity contribution < 1.29 is 28.2 Å². The Bertz CT molecular complexity index is 1170. The molecule has 4 fully saturated rings. The summed E-state index contributed by atoms with van der Waals surface area (Å²) in [5.74, 6) is 1.43. The Hall–Kier alpha value is -1.44. The highest BCUT2D eigenvalue weighted by Gasteiger charge is 2.64. The molecule has 5 rings (SSSR count). The van der Waals surface area contributed by atoms with Gasteiger partial charge in [0.1, 0.15) is 5.75 Å². The second-order valence-electron chi connectivity index (χ2n) is 14.6. The quantitative estimate of drug-likeness (QED) is 0.354. The van der Waals surface area contributed by atoms with Crippen LogP contribution in [0.1, 0.15) is 91.0 Å². The minimum absolute atomic E-state index is 0.153. The van der Waals surface area contributed by atoms with E-state index in [-0.39, 0.29) is 41.3 Å². The van der Waals surface area contributed by atoms with Crippen molar-refractivity contribution in [1.29, 1.82) is 0 Å². The number of hydrogen-bond acceptors (Lipinski definition) is 6. The highest BCUT2D eigenvalue weighted by Crippen LogP contribution is 2.69. The fourth-order valence-corrected chi connectivity index (χ4v) is 11.8. The number of carbonyl (C=O) groups excluding carboxylic acids is 1. The Balaban J connectivity index is 1.20. The summed E-state index contributed by atoms with van der Waals surface area (Å²) in [6, 6.07) is 8.92. The fraction of sp³-hybridized carbons (Fsp3) is 0.794. The largest absolute Gasteiger partial charge is 0.465 e. The van der Waals surface area contributed by atoms with Crippen LogP contribution >= 0.6 is 0 Å². The van der Waals surface area contributed by atoms with Crippen LogP contribution in [0, 0.1) is 52.3 Å². The van der Waals surface area contributed by atoms with Crippen LogP contribution in [0.2, 0.25) is 0 Å². The number of hydrogen-bond donors (Lipinski definition) is 2. The molecule has 0 radical (unpaired) electrons. The van der Waals surface area contributed by atoms with Gasteiger partial charge in [0.2, 0.25) is 0 Å². The minimum Gasteiger partial charge on any atom is -0.465 e. The maximum atomic E-state index is 12.5. The fourth-order valence-electron chi connectivity index (χ4n) is 10.6. The molecular formula is C34H52O6S. The third-order valence-corrected chi connectivity index (χ3v) is 14.0. The third-order valence-electron chi connectivity index (χ3n) is 12.6. The minimum atomic E-state index is -3.58. The maximum absolute atomic E-state index is 12.5. The van der Waals surface area contributed by atoms with Gasteiger partial charge in [-0.25, -0.2) is 8.42 Å². The second kappa shape index (κ2) is 11.9. The molecule has 0 bridgehead atoms. The molecule has 230 valence electrons. The summed E-state index contributed by atoms with van der Waals surface area (Å²) in [7, 11) is -3.58. The molecule has 2 N–H and O–H groups in total. The first-order valence-corrected chi connectivity index (χ1v) is 18.0. The van der Waals surface area contributed by atoms with Gasteiger partial charge in [-0.2, -0.15) is 0 Å². The molecule has 0 heterocycles. The van der Waals surface area contributed by atoms with Crippen molar-refractivity contribution in [3.8, 4) is 0 Å². The van der Waals surface area contributed by atoms with Gasteiger partial charge in [-0.15, -0.1) is 0 Å².